The zero-order valence-electron chi connectivity index (χ0n) is 16.9. The molecule has 0 aromatic heterocycles. The second-order valence-electron chi connectivity index (χ2n) is 7.32. The molecule has 0 spiro atoms. The molecule has 3 aromatic rings. The van der Waals surface area contributed by atoms with Gasteiger partial charge in [0.1, 0.15) is 0 Å². The molecule has 1 heterocycles. The molecule has 0 saturated heterocycles. The van der Waals surface area contributed by atoms with Crippen molar-refractivity contribution in [3.8, 4) is 0 Å². The molecule has 5 nitrogen and oxygen atoms in total. The van der Waals surface area contributed by atoms with Gasteiger partial charge in [-0.05, 0) is 35.8 Å². The van der Waals surface area contributed by atoms with Crippen molar-refractivity contribution in [1.29, 1.82) is 0 Å². The van der Waals surface area contributed by atoms with E-state index in [1.165, 1.54) is 0 Å². The molecule has 0 saturated carbocycles. The Balaban J connectivity index is 1.81. The quantitative estimate of drug-likeness (QED) is 0.584. The molecule has 152 valence electrons. The highest BCUT2D eigenvalue weighted by atomic mass is 32.2. The van der Waals surface area contributed by atoms with Gasteiger partial charge in [-0.3, -0.25) is 9.71 Å². The SMILES string of the molecule is CC(C)c1ccccc1NS(=O)(=O)c1ccc(N2C=CC=NC=C2)c2ccccc12. The Morgan fingerprint density at radius 2 is 1.63 bits per heavy atom. The van der Waals surface area contributed by atoms with E-state index in [-0.39, 0.29) is 10.8 Å². The lowest BCUT2D eigenvalue weighted by Crippen LogP contribution is -2.15. The number of nitrogens with zero attached hydrogens (tertiary/aromatic N) is 2. The number of hydrogen-bond acceptors (Lipinski definition) is 4. The minimum absolute atomic E-state index is 0.201. The molecule has 0 unspecified atom stereocenters. The monoisotopic (exact) mass is 417 g/mol. The van der Waals surface area contributed by atoms with E-state index in [0.717, 1.165) is 16.6 Å². The molecule has 4 rings (SSSR count). The van der Waals surface area contributed by atoms with Gasteiger partial charge in [-0.25, -0.2) is 8.42 Å². The first-order valence-electron chi connectivity index (χ1n) is 9.76. The molecule has 0 fully saturated rings. The lowest BCUT2D eigenvalue weighted by molar-refractivity contribution is 0.602. The topological polar surface area (TPSA) is 61.8 Å². The predicted molar refractivity (Wildman–Crippen MR) is 125 cm³/mol. The number of sulfonamides is 1. The number of benzene rings is 3. The van der Waals surface area contributed by atoms with E-state index in [4.69, 9.17) is 0 Å². The van der Waals surface area contributed by atoms with Gasteiger partial charge in [-0.1, -0.05) is 56.3 Å². The number of rotatable bonds is 5. The Morgan fingerprint density at radius 1 is 0.900 bits per heavy atom. The average molecular weight is 418 g/mol. The summed E-state index contributed by atoms with van der Waals surface area (Å²) < 4.78 is 29.5. The summed E-state index contributed by atoms with van der Waals surface area (Å²) in [7, 11) is -3.78. The Morgan fingerprint density at radius 3 is 2.43 bits per heavy atom. The molecule has 0 bridgehead atoms. The van der Waals surface area contributed by atoms with Gasteiger partial charge in [0, 0.05) is 35.6 Å². The minimum atomic E-state index is -3.78. The van der Waals surface area contributed by atoms with Crippen LogP contribution in [0.4, 0.5) is 11.4 Å². The first-order chi connectivity index (χ1) is 14.5. The number of aliphatic imine (C=N–C) groups is 1. The van der Waals surface area contributed by atoms with E-state index in [1.54, 1.807) is 24.5 Å². The molecule has 1 N–H and O–H groups in total. The van der Waals surface area contributed by atoms with Crippen LogP contribution in [0, 0.1) is 0 Å². The second kappa shape index (κ2) is 8.16. The molecule has 0 aliphatic carbocycles. The van der Waals surface area contributed by atoms with Gasteiger partial charge in [0.15, 0.2) is 0 Å². The summed E-state index contributed by atoms with van der Waals surface area (Å²) >= 11 is 0. The summed E-state index contributed by atoms with van der Waals surface area (Å²) in [6, 6.07) is 18.5. The maximum atomic E-state index is 13.4. The number of hydrogen-bond donors (Lipinski definition) is 1. The van der Waals surface area contributed by atoms with Crippen molar-refractivity contribution in [3.63, 3.8) is 0 Å². The van der Waals surface area contributed by atoms with E-state index < -0.39 is 10.0 Å². The molecule has 0 atom stereocenters. The Kier molecular flexibility index (Phi) is 5.42. The van der Waals surface area contributed by atoms with Gasteiger partial charge >= 0.3 is 0 Å². The third-order valence-corrected chi connectivity index (χ3v) is 6.41. The van der Waals surface area contributed by atoms with Crippen molar-refractivity contribution in [3.05, 3.63) is 90.9 Å². The van der Waals surface area contributed by atoms with Crippen molar-refractivity contribution in [2.75, 3.05) is 9.62 Å². The van der Waals surface area contributed by atoms with Crippen LogP contribution in [0.15, 0.2) is 95.2 Å². The summed E-state index contributed by atoms with van der Waals surface area (Å²) in [5, 5.41) is 1.50. The fraction of sp³-hybridized carbons (Fsp3) is 0.125. The third kappa shape index (κ3) is 3.86. The lowest BCUT2D eigenvalue weighted by atomic mass is 10.0. The Bertz CT molecular complexity index is 1260. The lowest BCUT2D eigenvalue weighted by Gasteiger charge is -2.20. The number of para-hydroxylation sites is 1. The van der Waals surface area contributed by atoms with Gasteiger partial charge in [0.25, 0.3) is 10.0 Å². The minimum Gasteiger partial charge on any atom is -0.322 e. The van der Waals surface area contributed by atoms with E-state index in [1.807, 2.05) is 85.8 Å². The maximum Gasteiger partial charge on any atom is 0.262 e. The van der Waals surface area contributed by atoms with Crippen LogP contribution in [-0.2, 0) is 10.0 Å². The number of nitrogens with one attached hydrogen (secondary N) is 1. The van der Waals surface area contributed by atoms with Crippen LogP contribution in [0.5, 0.6) is 0 Å². The highest BCUT2D eigenvalue weighted by Crippen LogP contribution is 2.34. The van der Waals surface area contributed by atoms with Crippen LogP contribution < -0.4 is 9.62 Å². The van der Waals surface area contributed by atoms with Gasteiger partial charge in [0.05, 0.1) is 16.3 Å². The molecular formula is C24H23N3O2S. The molecule has 1 aliphatic rings. The summed E-state index contributed by atoms with van der Waals surface area (Å²) in [6.07, 6.45) is 8.97. The number of fused-ring (bicyclic) bond motifs is 1. The Hall–Kier alpha value is -3.38. The summed E-state index contributed by atoms with van der Waals surface area (Å²) in [5.41, 5.74) is 2.45. The van der Waals surface area contributed by atoms with Crippen molar-refractivity contribution in [2.45, 2.75) is 24.7 Å². The Labute approximate surface area is 177 Å². The van der Waals surface area contributed by atoms with Crippen molar-refractivity contribution in [2.24, 2.45) is 4.99 Å². The van der Waals surface area contributed by atoms with Crippen LogP contribution in [0.3, 0.4) is 0 Å². The largest absolute Gasteiger partial charge is 0.322 e. The van der Waals surface area contributed by atoms with E-state index in [2.05, 4.69) is 9.71 Å². The molecule has 1 aliphatic heterocycles. The van der Waals surface area contributed by atoms with Gasteiger partial charge in [-0.2, -0.15) is 0 Å². The average Bonchev–Trinajstić information content (AvgIpc) is 3.02. The normalized spacial score (nSPS) is 13.8. The zero-order chi connectivity index (χ0) is 21.1. The smallest absolute Gasteiger partial charge is 0.262 e. The number of allylic oxidation sites excluding steroid dienone is 1. The second-order valence-corrected chi connectivity index (χ2v) is 8.97. The van der Waals surface area contributed by atoms with E-state index in [9.17, 15) is 8.42 Å². The van der Waals surface area contributed by atoms with Gasteiger partial charge in [0.2, 0.25) is 0 Å². The fourth-order valence-corrected chi connectivity index (χ4v) is 4.86. The molecule has 0 radical (unpaired) electrons. The summed E-state index contributed by atoms with van der Waals surface area (Å²) in [4.78, 5) is 6.29. The fourth-order valence-electron chi connectivity index (χ4n) is 3.56. The summed E-state index contributed by atoms with van der Waals surface area (Å²) in [5.74, 6) is 0.201. The van der Waals surface area contributed by atoms with E-state index >= 15 is 0 Å². The van der Waals surface area contributed by atoms with Gasteiger partial charge < -0.3 is 4.90 Å². The number of anilines is 2. The molecular weight excluding hydrogens is 394 g/mol. The van der Waals surface area contributed by atoms with Crippen LogP contribution in [0.25, 0.3) is 10.8 Å². The molecule has 6 heteroatoms. The van der Waals surface area contributed by atoms with Crippen LogP contribution in [0.2, 0.25) is 0 Å². The van der Waals surface area contributed by atoms with Crippen LogP contribution in [0.1, 0.15) is 25.3 Å². The standard InChI is InChI=1S/C24H23N3O2S/c1-18(2)19-8-5-6-11-22(19)26-30(28,29)24-13-12-23(20-9-3-4-10-21(20)24)27-16-7-14-25-15-17-27/h3-18,26H,1-2H3. The third-order valence-electron chi connectivity index (χ3n) is 4.99. The predicted octanol–water partition coefficient (Wildman–Crippen LogP) is 5.64. The first kappa shape index (κ1) is 19.9. The van der Waals surface area contributed by atoms with Gasteiger partial charge in [-0.15, -0.1) is 0 Å². The van der Waals surface area contributed by atoms with Crippen molar-refractivity contribution < 1.29 is 8.42 Å². The van der Waals surface area contributed by atoms with Crippen LogP contribution >= 0.6 is 0 Å². The molecule has 30 heavy (non-hydrogen) atoms. The van der Waals surface area contributed by atoms with Crippen LogP contribution in [-0.4, -0.2) is 14.6 Å². The molecule has 0 amide bonds. The first-order valence-corrected chi connectivity index (χ1v) is 11.2. The highest BCUT2D eigenvalue weighted by Gasteiger charge is 2.21. The maximum absolute atomic E-state index is 13.4. The highest BCUT2D eigenvalue weighted by molar-refractivity contribution is 7.93. The van der Waals surface area contributed by atoms with Crippen molar-refractivity contribution in [1.82, 2.24) is 0 Å². The van der Waals surface area contributed by atoms with E-state index in [0.29, 0.717) is 11.1 Å². The molecule has 3 aromatic carbocycles. The van der Waals surface area contributed by atoms with Crippen molar-refractivity contribution >= 4 is 38.4 Å². The summed E-state index contributed by atoms with van der Waals surface area (Å²) in [6.45, 7) is 4.09. The zero-order valence-corrected chi connectivity index (χ0v) is 17.7.